The number of hydrogen-bond acceptors (Lipinski definition) is 2. The first-order valence-corrected chi connectivity index (χ1v) is 8.24. The summed E-state index contributed by atoms with van der Waals surface area (Å²) in [5.41, 5.74) is 0. The third kappa shape index (κ3) is 11.0. The zero-order valence-corrected chi connectivity index (χ0v) is 13.3. The van der Waals surface area contributed by atoms with Gasteiger partial charge in [0.2, 0.25) is 5.91 Å². The molecule has 0 saturated carbocycles. The van der Waals surface area contributed by atoms with Gasteiger partial charge < -0.3 is 10.2 Å². The first kappa shape index (κ1) is 18.4. The van der Waals surface area contributed by atoms with Gasteiger partial charge in [0.1, 0.15) is 0 Å². The van der Waals surface area contributed by atoms with Gasteiger partial charge in [0.05, 0.1) is 6.54 Å². The molecular weight excluding hydrogens is 236 g/mol. The summed E-state index contributed by atoms with van der Waals surface area (Å²) in [6.45, 7) is 9.73. The largest absolute Gasteiger partial charge is 0.342 e. The number of nitrogens with one attached hydrogen (secondary N) is 1. The molecular formula is C16H34N2O. The molecule has 3 nitrogen and oxygen atoms in total. The number of nitrogens with zero attached hydrogens (tertiary/aromatic N) is 1. The quantitative estimate of drug-likeness (QED) is 0.519. The van der Waals surface area contributed by atoms with Gasteiger partial charge in [-0.1, -0.05) is 59.3 Å². The molecule has 0 spiro atoms. The molecule has 19 heavy (non-hydrogen) atoms. The fraction of sp³-hybridized carbons (Fsp3) is 0.938. The van der Waals surface area contributed by atoms with Crippen LogP contribution in [0.25, 0.3) is 0 Å². The van der Waals surface area contributed by atoms with Crippen molar-refractivity contribution in [2.75, 3.05) is 26.2 Å². The van der Waals surface area contributed by atoms with Crippen molar-refractivity contribution in [1.29, 1.82) is 0 Å². The van der Waals surface area contributed by atoms with E-state index in [4.69, 9.17) is 0 Å². The van der Waals surface area contributed by atoms with Gasteiger partial charge in [-0.3, -0.25) is 4.79 Å². The van der Waals surface area contributed by atoms with E-state index in [2.05, 4.69) is 24.1 Å². The smallest absolute Gasteiger partial charge is 0.236 e. The number of unbranched alkanes of at least 4 members (excludes halogenated alkanes) is 6. The predicted molar refractivity (Wildman–Crippen MR) is 83.4 cm³/mol. The highest BCUT2D eigenvalue weighted by Gasteiger charge is 2.11. The van der Waals surface area contributed by atoms with Crippen molar-refractivity contribution in [3.8, 4) is 0 Å². The van der Waals surface area contributed by atoms with Gasteiger partial charge in [-0.15, -0.1) is 0 Å². The Kier molecular flexibility index (Phi) is 13.4. The molecule has 0 fully saturated rings. The van der Waals surface area contributed by atoms with Crippen LogP contribution in [0.5, 0.6) is 0 Å². The zero-order valence-electron chi connectivity index (χ0n) is 13.3. The molecule has 0 aliphatic carbocycles. The zero-order chi connectivity index (χ0) is 14.3. The van der Waals surface area contributed by atoms with E-state index in [-0.39, 0.29) is 5.91 Å². The molecule has 1 amide bonds. The van der Waals surface area contributed by atoms with E-state index in [0.29, 0.717) is 6.54 Å². The Bertz CT molecular complexity index is 195. The predicted octanol–water partition coefficient (Wildman–Crippen LogP) is 3.59. The molecule has 3 heteroatoms. The molecule has 0 bridgehead atoms. The summed E-state index contributed by atoms with van der Waals surface area (Å²) >= 11 is 0. The van der Waals surface area contributed by atoms with Gasteiger partial charge in [0, 0.05) is 13.1 Å². The summed E-state index contributed by atoms with van der Waals surface area (Å²) in [6, 6.07) is 0. The van der Waals surface area contributed by atoms with E-state index in [0.717, 1.165) is 32.5 Å². The second kappa shape index (κ2) is 13.9. The maximum atomic E-state index is 12.1. The Balaban J connectivity index is 3.94. The van der Waals surface area contributed by atoms with Crippen LogP contribution in [-0.2, 0) is 4.79 Å². The summed E-state index contributed by atoms with van der Waals surface area (Å²) in [5.74, 6) is 0.273. The van der Waals surface area contributed by atoms with Crippen molar-refractivity contribution in [3.63, 3.8) is 0 Å². The lowest BCUT2D eigenvalue weighted by molar-refractivity contribution is -0.130. The summed E-state index contributed by atoms with van der Waals surface area (Å²) in [4.78, 5) is 14.2. The number of rotatable bonds is 13. The minimum Gasteiger partial charge on any atom is -0.342 e. The topological polar surface area (TPSA) is 32.3 Å². The van der Waals surface area contributed by atoms with Crippen LogP contribution in [0.2, 0.25) is 0 Å². The van der Waals surface area contributed by atoms with Gasteiger partial charge in [0.15, 0.2) is 0 Å². The summed E-state index contributed by atoms with van der Waals surface area (Å²) < 4.78 is 0. The van der Waals surface area contributed by atoms with E-state index in [1.165, 1.54) is 38.5 Å². The number of hydrogen-bond donors (Lipinski definition) is 1. The SMILES string of the molecule is CCCCCCN(CCCCCC)C(=O)CNCC. The van der Waals surface area contributed by atoms with Gasteiger partial charge in [-0.2, -0.15) is 0 Å². The molecule has 0 atom stereocenters. The molecule has 0 radical (unpaired) electrons. The van der Waals surface area contributed by atoms with E-state index >= 15 is 0 Å². The fourth-order valence-corrected chi connectivity index (χ4v) is 2.16. The van der Waals surface area contributed by atoms with Crippen molar-refractivity contribution in [2.45, 2.75) is 72.1 Å². The summed E-state index contributed by atoms with van der Waals surface area (Å²) in [5, 5.41) is 3.14. The van der Waals surface area contributed by atoms with Crippen LogP contribution in [-0.4, -0.2) is 37.0 Å². The lowest BCUT2D eigenvalue weighted by Gasteiger charge is -2.23. The highest BCUT2D eigenvalue weighted by atomic mass is 16.2. The molecule has 0 heterocycles. The number of amides is 1. The Morgan fingerprint density at radius 2 is 1.37 bits per heavy atom. The molecule has 0 aromatic carbocycles. The Morgan fingerprint density at radius 3 is 1.79 bits per heavy atom. The summed E-state index contributed by atoms with van der Waals surface area (Å²) in [6.07, 6.45) is 9.87. The third-order valence-electron chi connectivity index (χ3n) is 3.44. The molecule has 1 N–H and O–H groups in total. The lowest BCUT2D eigenvalue weighted by atomic mass is 10.1. The van der Waals surface area contributed by atoms with Crippen LogP contribution in [0.1, 0.15) is 72.1 Å². The number of likely N-dealkylation sites (N-methyl/N-ethyl adjacent to an activating group) is 1. The van der Waals surface area contributed by atoms with Crippen LogP contribution >= 0.6 is 0 Å². The lowest BCUT2D eigenvalue weighted by Crippen LogP contribution is -2.39. The van der Waals surface area contributed by atoms with E-state index in [1.54, 1.807) is 0 Å². The van der Waals surface area contributed by atoms with Gasteiger partial charge in [-0.25, -0.2) is 0 Å². The van der Waals surface area contributed by atoms with Crippen molar-refractivity contribution in [3.05, 3.63) is 0 Å². The van der Waals surface area contributed by atoms with Gasteiger partial charge in [0.25, 0.3) is 0 Å². The molecule has 114 valence electrons. The average molecular weight is 270 g/mol. The van der Waals surface area contributed by atoms with Crippen LogP contribution in [0, 0.1) is 0 Å². The maximum absolute atomic E-state index is 12.1. The first-order chi connectivity index (χ1) is 9.26. The minimum atomic E-state index is 0.273. The Labute approximate surface area is 120 Å². The normalized spacial score (nSPS) is 10.7. The number of carbonyl (C=O) groups is 1. The second-order valence-electron chi connectivity index (χ2n) is 5.28. The van der Waals surface area contributed by atoms with E-state index < -0.39 is 0 Å². The van der Waals surface area contributed by atoms with Crippen molar-refractivity contribution in [1.82, 2.24) is 10.2 Å². The van der Waals surface area contributed by atoms with Crippen molar-refractivity contribution < 1.29 is 4.79 Å². The first-order valence-electron chi connectivity index (χ1n) is 8.24. The van der Waals surface area contributed by atoms with E-state index in [9.17, 15) is 4.79 Å². The molecule has 0 aromatic rings. The summed E-state index contributed by atoms with van der Waals surface area (Å²) in [7, 11) is 0. The molecule has 0 rings (SSSR count). The third-order valence-corrected chi connectivity index (χ3v) is 3.44. The molecule has 0 aliphatic heterocycles. The van der Waals surface area contributed by atoms with Gasteiger partial charge in [-0.05, 0) is 19.4 Å². The molecule has 0 unspecified atom stereocenters. The fourth-order valence-electron chi connectivity index (χ4n) is 2.16. The maximum Gasteiger partial charge on any atom is 0.236 e. The van der Waals surface area contributed by atoms with Crippen LogP contribution in [0.4, 0.5) is 0 Å². The Hall–Kier alpha value is -0.570. The van der Waals surface area contributed by atoms with Crippen molar-refractivity contribution >= 4 is 5.91 Å². The number of carbonyl (C=O) groups excluding carboxylic acids is 1. The van der Waals surface area contributed by atoms with Crippen LogP contribution in [0.15, 0.2) is 0 Å². The average Bonchev–Trinajstić information content (AvgIpc) is 2.43. The molecule has 0 saturated heterocycles. The van der Waals surface area contributed by atoms with Gasteiger partial charge >= 0.3 is 0 Å². The standard InChI is InChI=1S/C16H34N2O/c1-4-7-9-11-13-18(14-12-10-8-5-2)16(19)15-17-6-3/h17H,4-15H2,1-3H3. The second-order valence-corrected chi connectivity index (χ2v) is 5.28. The highest BCUT2D eigenvalue weighted by molar-refractivity contribution is 5.78. The van der Waals surface area contributed by atoms with Crippen LogP contribution in [0.3, 0.4) is 0 Å². The monoisotopic (exact) mass is 270 g/mol. The molecule has 0 aliphatic rings. The Morgan fingerprint density at radius 1 is 0.842 bits per heavy atom. The van der Waals surface area contributed by atoms with Crippen LogP contribution < -0.4 is 5.32 Å². The highest BCUT2D eigenvalue weighted by Crippen LogP contribution is 2.05. The molecule has 0 aromatic heterocycles. The minimum absolute atomic E-state index is 0.273. The van der Waals surface area contributed by atoms with Crippen molar-refractivity contribution in [2.24, 2.45) is 0 Å². The van der Waals surface area contributed by atoms with E-state index in [1.807, 2.05) is 6.92 Å².